The van der Waals surface area contributed by atoms with Gasteiger partial charge in [0.1, 0.15) is 0 Å². The third-order valence-electron chi connectivity index (χ3n) is 6.04. The highest BCUT2D eigenvalue weighted by atomic mass is 16.1. The van der Waals surface area contributed by atoms with E-state index in [0.717, 1.165) is 40.9 Å². The van der Waals surface area contributed by atoms with E-state index in [1.807, 2.05) is 36.4 Å². The van der Waals surface area contributed by atoms with Gasteiger partial charge in [-0.25, -0.2) is 0 Å². The largest absolute Gasteiger partial charge is 0.362 e. The van der Waals surface area contributed by atoms with E-state index in [1.165, 1.54) is 0 Å². The van der Waals surface area contributed by atoms with Gasteiger partial charge in [0.2, 0.25) is 0 Å². The molecule has 1 aromatic carbocycles. The monoisotopic (exact) mass is 375 g/mol. The number of ketones is 2. The van der Waals surface area contributed by atoms with Crippen LogP contribution in [0.4, 0.5) is 0 Å². The zero-order valence-electron chi connectivity index (χ0n) is 17.3. The lowest BCUT2D eigenvalue weighted by Gasteiger charge is -2.43. The van der Waals surface area contributed by atoms with Gasteiger partial charge in [0, 0.05) is 41.3 Å². The second-order valence-electron chi connectivity index (χ2n) is 10.0. The van der Waals surface area contributed by atoms with Crippen LogP contribution in [0.5, 0.6) is 0 Å². The SMILES string of the molecule is CC1(C)CC(=O)C2=C(C1)NC1=C(C(=O)CC(C)(C)C1)C2/C=C/c1ccccc1. The Morgan fingerprint density at radius 3 is 1.82 bits per heavy atom. The molecule has 146 valence electrons. The van der Waals surface area contributed by atoms with Crippen LogP contribution in [0.15, 0.2) is 58.9 Å². The van der Waals surface area contributed by atoms with Crippen molar-refractivity contribution in [2.24, 2.45) is 16.7 Å². The first-order chi connectivity index (χ1) is 13.2. The zero-order valence-corrected chi connectivity index (χ0v) is 17.3. The van der Waals surface area contributed by atoms with Gasteiger partial charge in [-0.1, -0.05) is 70.2 Å². The van der Waals surface area contributed by atoms with Crippen molar-refractivity contribution >= 4 is 17.6 Å². The van der Waals surface area contributed by atoms with Gasteiger partial charge in [-0.05, 0) is 29.2 Å². The van der Waals surface area contributed by atoms with E-state index in [9.17, 15) is 9.59 Å². The maximum Gasteiger partial charge on any atom is 0.162 e. The van der Waals surface area contributed by atoms with Crippen molar-refractivity contribution in [1.82, 2.24) is 5.32 Å². The van der Waals surface area contributed by atoms with Crippen molar-refractivity contribution < 1.29 is 9.59 Å². The van der Waals surface area contributed by atoms with Crippen molar-refractivity contribution in [2.75, 3.05) is 0 Å². The predicted octanol–water partition coefficient (Wildman–Crippen LogP) is 5.21. The molecular formula is C25H29NO2. The molecule has 3 aliphatic rings. The minimum absolute atomic E-state index is 0.0527. The van der Waals surface area contributed by atoms with Crippen LogP contribution < -0.4 is 5.32 Å². The molecule has 0 aromatic heterocycles. The summed E-state index contributed by atoms with van der Waals surface area (Å²) in [6, 6.07) is 10.1. The molecule has 4 rings (SSSR count). The van der Waals surface area contributed by atoms with Gasteiger partial charge >= 0.3 is 0 Å². The standard InChI is InChI=1S/C25H29NO2/c1-24(2)12-18-22(20(27)14-24)17(11-10-16-8-6-5-7-9-16)23-19(26-18)13-25(3,4)15-21(23)28/h5-11,17,26H,12-15H2,1-4H3/b11-10+. The summed E-state index contributed by atoms with van der Waals surface area (Å²) in [7, 11) is 0. The van der Waals surface area contributed by atoms with Gasteiger partial charge in [-0.2, -0.15) is 0 Å². The minimum Gasteiger partial charge on any atom is -0.362 e. The minimum atomic E-state index is -0.237. The van der Waals surface area contributed by atoms with Crippen molar-refractivity contribution in [3.63, 3.8) is 0 Å². The molecule has 1 N–H and O–H groups in total. The van der Waals surface area contributed by atoms with Crippen LogP contribution in [0, 0.1) is 16.7 Å². The van der Waals surface area contributed by atoms with E-state index >= 15 is 0 Å². The molecule has 0 fully saturated rings. The number of Topliss-reactive ketones (excluding diaryl/α,β-unsaturated/α-hetero) is 2. The number of rotatable bonds is 2. The summed E-state index contributed by atoms with van der Waals surface area (Å²) in [6.07, 6.45) is 6.86. The number of hydrogen-bond acceptors (Lipinski definition) is 3. The summed E-state index contributed by atoms with van der Waals surface area (Å²) in [5, 5.41) is 3.54. The average Bonchev–Trinajstić information content (AvgIpc) is 2.57. The number of allylic oxidation sites excluding steroid dienone is 5. The van der Waals surface area contributed by atoms with Gasteiger partial charge < -0.3 is 5.32 Å². The summed E-state index contributed by atoms with van der Waals surface area (Å²) in [5.41, 5.74) is 4.63. The first-order valence-corrected chi connectivity index (χ1v) is 10.2. The molecule has 1 heterocycles. The third kappa shape index (κ3) is 3.50. The van der Waals surface area contributed by atoms with Crippen molar-refractivity contribution in [1.29, 1.82) is 0 Å². The summed E-state index contributed by atoms with van der Waals surface area (Å²) >= 11 is 0. The fraction of sp³-hybridized carbons (Fsp3) is 0.440. The second-order valence-corrected chi connectivity index (χ2v) is 10.0. The van der Waals surface area contributed by atoms with Crippen LogP contribution in [0.1, 0.15) is 58.9 Å². The smallest absolute Gasteiger partial charge is 0.162 e. The van der Waals surface area contributed by atoms with Crippen LogP contribution >= 0.6 is 0 Å². The van der Waals surface area contributed by atoms with Gasteiger partial charge in [0.05, 0.1) is 0 Å². The van der Waals surface area contributed by atoms with Crippen molar-refractivity contribution in [3.8, 4) is 0 Å². The van der Waals surface area contributed by atoms with Crippen LogP contribution in [-0.4, -0.2) is 11.6 Å². The molecule has 2 aliphatic carbocycles. The van der Waals surface area contributed by atoms with Gasteiger partial charge in [0.25, 0.3) is 0 Å². The van der Waals surface area contributed by atoms with Gasteiger partial charge in [-0.3, -0.25) is 9.59 Å². The van der Waals surface area contributed by atoms with Crippen molar-refractivity contribution in [3.05, 3.63) is 64.5 Å². The van der Waals surface area contributed by atoms with Crippen LogP contribution in [0.3, 0.4) is 0 Å². The Morgan fingerprint density at radius 1 is 0.821 bits per heavy atom. The normalized spacial score (nSPS) is 24.3. The number of nitrogens with one attached hydrogen (secondary N) is 1. The molecule has 0 saturated carbocycles. The molecule has 28 heavy (non-hydrogen) atoms. The predicted molar refractivity (Wildman–Crippen MR) is 112 cm³/mol. The Kier molecular flexibility index (Phi) is 4.45. The molecule has 0 radical (unpaired) electrons. The zero-order chi connectivity index (χ0) is 20.1. The van der Waals surface area contributed by atoms with E-state index in [0.29, 0.717) is 12.8 Å². The summed E-state index contributed by atoms with van der Waals surface area (Å²) < 4.78 is 0. The lowest BCUT2D eigenvalue weighted by atomic mass is 9.65. The maximum absolute atomic E-state index is 13.1. The topological polar surface area (TPSA) is 46.2 Å². The van der Waals surface area contributed by atoms with E-state index < -0.39 is 0 Å². The molecule has 0 spiro atoms. The second kappa shape index (κ2) is 6.58. The summed E-state index contributed by atoms with van der Waals surface area (Å²) in [4.78, 5) is 26.2. The molecule has 1 aromatic rings. The number of dihydropyridines is 1. The molecule has 3 heteroatoms. The molecule has 0 atom stereocenters. The third-order valence-corrected chi connectivity index (χ3v) is 6.04. The highest BCUT2D eigenvalue weighted by Gasteiger charge is 2.44. The first-order valence-electron chi connectivity index (χ1n) is 10.2. The highest BCUT2D eigenvalue weighted by molar-refractivity contribution is 6.05. The molecule has 0 bridgehead atoms. The fourth-order valence-corrected chi connectivity index (χ4v) is 4.90. The highest BCUT2D eigenvalue weighted by Crippen LogP contribution is 2.48. The molecular weight excluding hydrogens is 346 g/mol. The lowest BCUT2D eigenvalue weighted by Crippen LogP contribution is -2.42. The molecule has 0 saturated heterocycles. The van der Waals surface area contributed by atoms with Gasteiger partial charge in [0.15, 0.2) is 11.6 Å². The first kappa shape index (κ1) is 18.9. The quantitative estimate of drug-likeness (QED) is 0.772. The number of carbonyl (C=O) groups is 2. The Hall–Kier alpha value is -2.42. The summed E-state index contributed by atoms with van der Waals surface area (Å²) in [6.45, 7) is 8.58. The number of hydrogen-bond donors (Lipinski definition) is 1. The molecule has 0 amide bonds. The Labute approximate surface area is 167 Å². The number of benzene rings is 1. The Morgan fingerprint density at radius 2 is 1.32 bits per heavy atom. The Bertz CT molecular complexity index is 877. The van der Waals surface area contributed by atoms with E-state index in [4.69, 9.17) is 0 Å². The summed E-state index contributed by atoms with van der Waals surface area (Å²) in [5.74, 6) is 0.106. The lowest BCUT2D eigenvalue weighted by molar-refractivity contribution is -0.119. The molecule has 1 aliphatic heterocycles. The average molecular weight is 376 g/mol. The van der Waals surface area contributed by atoms with Crippen LogP contribution in [0.2, 0.25) is 0 Å². The van der Waals surface area contributed by atoms with Crippen LogP contribution in [0.25, 0.3) is 6.08 Å². The molecule has 0 unspecified atom stereocenters. The molecule has 3 nitrogen and oxygen atoms in total. The van der Waals surface area contributed by atoms with E-state index in [2.05, 4.69) is 39.1 Å². The van der Waals surface area contributed by atoms with Crippen molar-refractivity contribution in [2.45, 2.75) is 53.4 Å². The maximum atomic E-state index is 13.1. The van der Waals surface area contributed by atoms with E-state index in [1.54, 1.807) is 0 Å². The number of carbonyl (C=O) groups excluding carboxylic acids is 2. The Balaban J connectivity index is 1.81. The van der Waals surface area contributed by atoms with Crippen LogP contribution in [-0.2, 0) is 9.59 Å². The van der Waals surface area contributed by atoms with E-state index in [-0.39, 0.29) is 28.3 Å². The van der Waals surface area contributed by atoms with Gasteiger partial charge in [-0.15, -0.1) is 0 Å². The fourth-order valence-electron chi connectivity index (χ4n) is 4.90.